The minimum Gasteiger partial charge on any atom is -0.452 e. The molecule has 1 N–H and O–H groups in total. The molecule has 1 aromatic rings. The SMILES string of the molecule is O=C(OCC(F)(F)F)c1ccccc1S(=O)(=O)O. The summed E-state index contributed by atoms with van der Waals surface area (Å²) in [5, 5.41) is 0. The topological polar surface area (TPSA) is 80.7 Å². The van der Waals surface area contributed by atoms with Crippen molar-refractivity contribution in [2.24, 2.45) is 0 Å². The van der Waals surface area contributed by atoms with Crippen LogP contribution in [0.4, 0.5) is 13.2 Å². The highest BCUT2D eigenvalue weighted by Gasteiger charge is 2.31. The molecular weight excluding hydrogens is 277 g/mol. The maximum absolute atomic E-state index is 11.8. The maximum Gasteiger partial charge on any atom is 0.422 e. The lowest BCUT2D eigenvalue weighted by Gasteiger charge is -2.09. The molecule has 0 aromatic heterocycles. The van der Waals surface area contributed by atoms with Crippen LogP contribution in [0.2, 0.25) is 0 Å². The lowest BCUT2D eigenvalue weighted by atomic mass is 10.2. The van der Waals surface area contributed by atoms with Crippen molar-refractivity contribution in [3.63, 3.8) is 0 Å². The summed E-state index contributed by atoms with van der Waals surface area (Å²) >= 11 is 0. The van der Waals surface area contributed by atoms with Crippen molar-refractivity contribution < 1.29 is 35.7 Å². The molecule has 0 aliphatic carbocycles. The Hall–Kier alpha value is -1.61. The Morgan fingerprint density at radius 3 is 2.33 bits per heavy atom. The maximum atomic E-state index is 11.8. The summed E-state index contributed by atoms with van der Waals surface area (Å²) in [6.45, 7) is -1.84. The molecule has 0 radical (unpaired) electrons. The summed E-state index contributed by atoms with van der Waals surface area (Å²) < 4.78 is 69.9. The first-order chi connectivity index (χ1) is 8.11. The molecule has 0 heterocycles. The van der Waals surface area contributed by atoms with Crippen molar-refractivity contribution in [3.8, 4) is 0 Å². The van der Waals surface area contributed by atoms with E-state index in [4.69, 9.17) is 4.55 Å². The van der Waals surface area contributed by atoms with Crippen LogP contribution in [0, 0.1) is 0 Å². The molecule has 0 fully saturated rings. The molecule has 9 heteroatoms. The lowest BCUT2D eigenvalue weighted by Crippen LogP contribution is -2.21. The summed E-state index contributed by atoms with van der Waals surface area (Å²) in [5.41, 5.74) is -0.663. The molecule has 0 amide bonds. The number of carbonyl (C=O) groups is 1. The molecule has 0 saturated carbocycles. The molecule has 0 saturated heterocycles. The molecule has 1 aromatic carbocycles. The van der Waals surface area contributed by atoms with Gasteiger partial charge in [-0.2, -0.15) is 21.6 Å². The quantitative estimate of drug-likeness (QED) is 0.674. The molecule has 18 heavy (non-hydrogen) atoms. The average Bonchev–Trinajstić information content (AvgIpc) is 2.24. The van der Waals surface area contributed by atoms with Crippen molar-refractivity contribution in [3.05, 3.63) is 29.8 Å². The van der Waals surface area contributed by atoms with Crippen LogP contribution < -0.4 is 0 Å². The highest BCUT2D eigenvalue weighted by molar-refractivity contribution is 7.86. The molecule has 0 aliphatic heterocycles. The number of carbonyl (C=O) groups excluding carboxylic acids is 1. The van der Waals surface area contributed by atoms with Crippen LogP contribution >= 0.6 is 0 Å². The number of hydrogen-bond acceptors (Lipinski definition) is 4. The van der Waals surface area contributed by atoms with Gasteiger partial charge >= 0.3 is 12.1 Å². The first-order valence-electron chi connectivity index (χ1n) is 4.41. The zero-order valence-corrected chi connectivity index (χ0v) is 9.46. The van der Waals surface area contributed by atoms with Crippen molar-refractivity contribution in [1.29, 1.82) is 0 Å². The number of alkyl halides is 3. The molecule has 5 nitrogen and oxygen atoms in total. The standard InChI is InChI=1S/C9H7F3O5S/c10-9(11,12)5-17-8(13)6-3-1-2-4-7(6)18(14,15)16/h1-4H,5H2,(H,14,15,16). The Morgan fingerprint density at radius 2 is 1.83 bits per heavy atom. The minimum absolute atomic E-state index is 0.663. The number of hydrogen-bond donors (Lipinski definition) is 1. The van der Waals surface area contributed by atoms with Gasteiger partial charge < -0.3 is 4.74 Å². The summed E-state index contributed by atoms with van der Waals surface area (Å²) in [7, 11) is -4.71. The second-order valence-electron chi connectivity index (χ2n) is 3.16. The second kappa shape index (κ2) is 4.94. The van der Waals surface area contributed by atoms with Crippen LogP contribution in [-0.2, 0) is 14.9 Å². The van der Waals surface area contributed by atoms with Crippen molar-refractivity contribution in [2.45, 2.75) is 11.1 Å². The summed E-state index contributed by atoms with van der Waals surface area (Å²) in [6.07, 6.45) is -4.72. The van der Waals surface area contributed by atoms with Gasteiger partial charge in [0.05, 0.1) is 5.56 Å². The lowest BCUT2D eigenvalue weighted by molar-refractivity contribution is -0.161. The third-order valence-electron chi connectivity index (χ3n) is 1.75. The Balaban J connectivity index is 3.01. The average molecular weight is 284 g/mol. The second-order valence-corrected chi connectivity index (χ2v) is 4.55. The van der Waals surface area contributed by atoms with E-state index in [0.29, 0.717) is 0 Å². The number of ether oxygens (including phenoxy) is 1. The van der Waals surface area contributed by atoms with Crippen LogP contribution in [0.25, 0.3) is 0 Å². The van der Waals surface area contributed by atoms with Gasteiger partial charge in [0.1, 0.15) is 4.90 Å². The van der Waals surface area contributed by atoms with E-state index in [2.05, 4.69) is 4.74 Å². The fourth-order valence-corrected chi connectivity index (χ4v) is 1.77. The van der Waals surface area contributed by atoms with E-state index < -0.39 is 39.3 Å². The molecule has 0 bridgehead atoms. The van der Waals surface area contributed by atoms with Crippen LogP contribution in [0.5, 0.6) is 0 Å². The van der Waals surface area contributed by atoms with Gasteiger partial charge in [-0.25, -0.2) is 4.79 Å². The van der Waals surface area contributed by atoms with Gasteiger partial charge in [-0.05, 0) is 12.1 Å². The number of esters is 1. The van der Waals surface area contributed by atoms with Crippen LogP contribution in [-0.4, -0.2) is 31.7 Å². The smallest absolute Gasteiger partial charge is 0.422 e. The van der Waals surface area contributed by atoms with E-state index >= 15 is 0 Å². The van der Waals surface area contributed by atoms with Crippen LogP contribution in [0.3, 0.4) is 0 Å². The first-order valence-corrected chi connectivity index (χ1v) is 5.85. The molecular formula is C9H7F3O5S. The predicted octanol–water partition coefficient (Wildman–Crippen LogP) is 1.65. The van der Waals surface area contributed by atoms with E-state index in [1.807, 2.05) is 0 Å². The fraction of sp³-hybridized carbons (Fsp3) is 0.222. The zero-order valence-electron chi connectivity index (χ0n) is 8.64. The predicted molar refractivity (Wildman–Crippen MR) is 52.6 cm³/mol. The molecule has 100 valence electrons. The Kier molecular flexibility index (Phi) is 3.97. The van der Waals surface area contributed by atoms with Crippen molar-refractivity contribution >= 4 is 16.1 Å². The zero-order chi connectivity index (χ0) is 14.0. The van der Waals surface area contributed by atoms with Gasteiger partial charge in [0.2, 0.25) is 0 Å². The van der Waals surface area contributed by atoms with E-state index in [-0.39, 0.29) is 0 Å². The molecule has 0 atom stereocenters. The van der Waals surface area contributed by atoms with E-state index in [1.54, 1.807) is 0 Å². The third-order valence-corrected chi connectivity index (χ3v) is 2.66. The number of halogens is 3. The molecule has 0 aliphatic rings. The van der Waals surface area contributed by atoms with Gasteiger partial charge in [-0.15, -0.1) is 0 Å². The summed E-state index contributed by atoms with van der Waals surface area (Å²) in [5.74, 6) is -1.49. The summed E-state index contributed by atoms with van der Waals surface area (Å²) in [6, 6.07) is 4.23. The van der Waals surface area contributed by atoms with Crippen LogP contribution in [0.1, 0.15) is 10.4 Å². The monoisotopic (exact) mass is 284 g/mol. The van der Waals surface area contributed by atoms with Gasteiger partial charge in [-0.3, -0.25) is 4.55 Å². The number of rotatable bonds is 3. The van der Waals surface area contributed by atoms with E-state index in [1.165, 1.54) is 12.1 Å². The highest BCUT2D eigenvalue weighted by atomic mass is 32.2. The van der Waals surface area contributed by atoms with Crippen LogP contribution in [0.15, 0.2) is 29.2 Å². The highest BCUT2D eigenvalue weighted by Crippen LogP contribution is 2.19. The largest absolute Gasteiger partial charge is 0.452 e. The Morgan fingerprint density at radius 1 is 1.28 bits per heavy atom. The van der Waals surface area contributed by atoms with Crippen molar-refractivity contribution in [2.75, 3.05) is 6.61 Å². The van der Waals surface area contributed by atoms with Gasteiger partial charge in [0.25, 0.3) is 10.1 Å². The fourth-order valence-electron chi connectivity index (χ4n) is 1.09. The molecule has 0 unspecified atom stereocenters. The minimum atomic E-state index is -4.72. The summed E-state index contributed by atoms with van der Waals surface area (Å²) in [4.78, 5) is 10.5. The normalized spacial score (nSPS) is 12.2. The molecule has 1 rings (SSSR count). The number of benzene rings is 1. The Labute approximate surface area is 99.9 Å². The Bertz CT molecular complexity index is 550. The van der Waals surface area contributed by atoms with Crippen molar-refractivity contribution in [1.82, 2.24) is 0 Å². The van der Waals surface area contributed by atoms with Gasteiger partial charge in [0.15, 0.2) is 6.61 Å². The van der Waals surface area contributed by atoms with E-state index in [0.717, 1.165) is 12.1 Å². The van der Waals surface area contributed by atoms with E-state index in [9.17, 15) is 26.4 Å². The molecule has 0 spiro atoms. The van der Waals surface area contributed by atoms with Gasteiger partial charge in [-0.1, -0.05) is 12.1 Å². The third kappa shape index (κ3) is 4.00. The van der Waals surface area contributed by atoms with Gasteiger partial charge in [0, 0.05) is 0 Å². The first kappa shape index (κ1) is 14.5.